The van der Waals surface area contributed by atoms with Gasteiger partial charge in [-0.2, -0.15) is 0 Å². The van der Waals surface area contributed by atoms with Crippen molar-refractivity contribution in [3.05, 3.63) is 120 Å². The monoisotopic (exact) mass is 888 g/mol. The zero-order chi connectivity index (χ0) is 45.3. The SMILES string of the molecule is CCC(=O)NC(C(=O)N1CCCC1c1nc2c([nH]1)-c1ccc(-c3ccc4cc(-c5cnc(C6CCCN6C(=O)C(NC(=O)OC)c6ccccc6)[nH]5)ccc4c3)cc1CC2)C1CCOCC1. The van der Waals surface area contributed by atoms with Gasteiger partial charge in [-0.1, -0.05) is 79.7 Å². The second-order valence-corrected chi connectivity index (χ2v) is 18.0. The standard InChI is InChI=1S/C52H56N8O6/c1-3-44(61)56-45(32-21-25-66-26-22-32)50(62)60-24-8-12-43(60)49-54-40-20-18-37-28-36(17-19-39(37)47(40)57-49)33-13-14-35-29-38(16-15-34(35)27-33)41-30-53-48(55-41)42-11-7-23-59(42)51(63)46(58-52(64)65-2)31-9-5-4-6-10-31/h4-6,9-10,13-17,19,27-30,32,42-43,45-46H,3,7-8,11-12,18,20-26H2,1-2H3,(H,53,55)(H,54,57)(H,56,61)(H,58,64). The van der Waals surface area contributed by atoms with E-state index in [1.165, 1.54) is 12.7 Å². The molecule has 0 saturated carbocycles. The quantitative estimate of drug-likeness (QED) is 0.101. The number of alkyl carbamates (subject to hydrolysis) is 1. The van der Waals surface area contributed by atoms with Gasteiger partial charge in [-0.25, -0.2) is 14.8 Å². The number of H-pyrrole nitrogens is 2. The number of aromatic amines is 2. The van der Waals surface area contributed by atoms with E-state index in [0.29, 0.717) is 44.1 Å². The number of nitrogens with one attached hydrogen (secondary N) is 4. The van der Waals surface area contributed by atoms with Gasteiger partial charge < -0.3 is 39.9 Å². The summed E-state index contributed by atoms with van der Waals surface area (Å²) in [6, 6.07) is 27.0. The van der Waals surface area contributed by atoms with E-state index in [0.717, 1.165) is 107 Å². The van der Waals surface area contributed by atoms with Gasteiger partial charge in [0, 0.05) is 43.9 Å². The number of benzene rings is 4. The van der Waals surface area contributed by atoms with E-state index in [2.05, 4.69) is 75.2 Å². The van der Waals surface area contributed by atoms with Crippen LogP contribution in [0, 0.1) is 5.92 Å². The molecule has 0 radical (unpaired) electrons. The number of aryl methyl sites for hydroxylation is 2. The minimum Gasteiger partial charge on any atom is -0.453 e. The topological polar surface area (TPSA) is 175 Å². The highest BCUT2D eigenvalue weighted by Gasteiger charge is 2.41. The van der Waals surface area contributed by atoms with E-state index in [1.807, 2.05) is 48.4 Å². The first-order valence-electron chi connectivity index (χ1n) is 23.4. The van der Waals surface area contributed by atoms with Crippen molar-refractivity contribution < 1.29 is 28.7 Å². The van der Waals surface area contributed by atoms with Gasteiger partial charge in [0.25, 0.3) is 5.91 Å². The second kappa shape index (κ2) is 18.6. The third kappa shape index (κ3) is 8.45. The van der Waals surface area contributed by atoms with Crippen LogP contribution in [0.2, 0.25) is 0 Å². The maximum Gasteiger partial charge on any atom is 0.407 e. The van der Waals surface area contributed by atoms with Crippen LogP contribution in [0.25, 0.3) is 44.4 Å². The molecule has 4 N–H and O–H groups in total. The normalized spacial score (nSPS) is 19.2. The summed E-state index contributed by atoms with van der Waals surface area (Å²) in [6.45, 7) is 4.23. The van der Waals surface area contributed by atoms with E-state index in [9.17, 15) is 19.2 Å². The third-order valence-electron chi connectivity index (χ3n) is 14.1. The number of ether oxygens (including phenoxy) is 2. The Morgan fingerprint density at radius 2 is 1.45 bits per heavy atom. The minimum absolute atomic E-state index is 0.0145. The van der Waals surface area contributed by atoms with Crippen LogP contribution in [0.3, 0.4) is 0 Å². The summed E-state index contributed by atoms with van der Waals surface area (Å²) in [5.41, 5.74) is 9.31. The predicted octanol–water partition coefficient (Wildman–Crippen LogP) is 8.13. The molecule has 10 rings (SSSR count). The summed E-state index contributed by atoms with van der Waals surface area (Å²) in [6.07, 6.45) is 7.99. The highest BCUT2D eigenvalue weighted by molar-refractivity contribution is 5.92. The molecule has 3 saturated heterocycles. The van der Waals surface area contributed by atoms with Gasteiger partial charge in [-0.15, -0.1) is 0 Å². The number of rotatable bonds is 11. The van der Waals surface area contributed by atoms with Gasteiger partial charge in [-0.05, 0) is 102 Å². The number of carbonyl (C=O) groups is 4. The molecule has 3 fully saturated rings. The van der Waals surface area contributed by atoms with Gasteiger partial charge in [0.05, 0.1) is 42.5 Å². The third-order valence-corrected chi connectivity index (χ3v) is 14.1. The Hall–Kier alpha value is -6.80. The lowest BCUT2D eigenvalue weighted by molar-refractivity contribution is -0.140. The van der Waals surface area contributed by atoms with Crippen LogP contribution in [0.15, 0.2) is 91.1 Å². The number of fused-ring (bicyclic) bond motifs is 4. The number of aromatic nitrogens is 4. The van der Waals surface area contributed by atoms with Crippen LogP contribution in [-0.4, -0.2) is 93.0 Å². The van der Waals surface area contributed by atoms with Crippen LogP contribution >= 0.6 is 0 Å². The molecule has 6 aromatic rings. The molecule has 66 heavy (non-hydrogen) atoms. The summed E-state index contributed by atoms with van der Waals surface area (Å²) in [5.74, 6) is 1.27. The van der Waals surface area contributed by atoms with Crippen molar-refractivity contribution in [3.63, 3.8) is 0 Å². The number of methoxy groups -OCH3 is 1. The Labute approximate surface area is 383 Å². The molecule has 4 amide bonds. The number of nitrogens with zero attached hydrogens (tertiary/aromatic N) is 4. The fourth-order valence-corrected chi connectivity index (χ4v) is 10.5. The lowest BCUT2D eigenvalue weighted by Crippen LogP contribution is -2.53. The molecule has 14 nitrogen and oxygen atoms in total. The van der Waals surface area contributed by atoms with Crippen molar-refractivity contribution in [2.24, 2.45) is 5.92 Å². The van der Waals surface area contributed by atoms with Crippen molar-refractivity contribution in [3.8, 4) is 33.6 Å². The van der Waals surface area contributed by atoms with Crippen molar-refractivity contribution in [2.75, 3.05) is 33.4 Å². The fourth-order valence-electron chi connectivity index (χ4n) is 10.5. The molecule has 2 aromatic heterocycles. The van der Waals surface area contributed by atoms with Crippen molar-refractivity contribution in [1.29, 1.82) is 0 Å². The molecule has 0 spiro atoms. The lowest BCUT2D eigenvalue weighted by atomic mass is 9.89. The molecule has 5 heterocycles. The Kier molecular flexibility index (Phi) is 12.1. The number of carbonyl (C=O) groups excluding carboxylic acids is 4. The number of amides is 4. The Bertz CT molecular complexity index is 2780. The number of hydrogen-bond donors (Lipinski definition) is 4. The summed E-state index contributed by atoms with van der Waals surface area (Å²) in [4.78, 5) is 73.9. The number of hydrogen-bond acceptors (Lipinski definition) is 8. The number of imidazole rings is 2. The fraction of sp³-hybridized carbons (Fsp3) is 0.385. The van der Waals surface area contributed by atoms with Crippen LogP contribution < -0.4 is 10.6 Å². The maximum atomic E-state index is 14.2. The zero-order valence-electron chi connectivity index (χ0n) is 37.5. The molecule has 4 unspecified atom stereocenters. The largest absolute Gasteiger partial charge is 0.453 e. The maximum absolute atomic E-state index is 14.2. The molecule has 1 aliphatic carbocycles. The van der Waals surface area contributed by atoms with Gasteiger partial charge in [0.15, 0.2) is 0 Å². The summed E-state index contributed by atoms with van der Waals surface area (Å²) < 4.78 is 10.4. The van der Waals surface area contributed by atoms with Crippen molar-refractivity contribution in [1.82, 2.24) is 40.4 Å². The van der Waals surface area contributed by atoms with Gasteiger partial charge in [-0.3, -0.25) is 14.4 Å². The van der Waals surface area contributed by atoms with E-state index >= 15 is 0 Å². The Balaban J connectivity index is 0.841. The van der Waals surface area contributed by atoms with Gasteiger partial charge >= 0.3 is 6.09 Å². The molecular formula is C52H56N8O6. The average Bonchev–Trinajstić information content (AvgIpc) is 4.21. The highest BCUT2D eigenvalue weighted by atomic mass is 16.5. The van der Waals surface area contributed by atoms with Crippen molar-refractivity contribution >= 4 is 34.6 Å². The Morgan fingerprint density at radius 3 is 2.20 bits per heavy atom. The van der Waals surface area contributed by atoms with E-state index in [4.69, 9.17) is 19.4 Å². The van der Waals surface area contributed by atoms with Crippen LogP contribution in [0.5, 0.6) is 0 Å². The van der Waals surface area contributed by atoms with Gasteiger partial charge in [0.1, 0.15) is 23.7 Å². The molecule has 14 heteroatoms. The molecule has 340 valence electrons. The zero-order valence-corrected chi connectivity index (χ0v) is 37.5. The van der Waals surface area contributed by atoms with Gasteiger partial charge in [0.2, 0.25) is 11.8 Å². The molecule has 0 bridgehead atoms. The molecule has 3 aliphatic heterocycles. The van der Waals surface area contributed by atoms with E-state index in [-0.39, 0.29) is 35.7 Å². The minimum atomic E-state index is -0.879. The Morgan fingerprint density at radius 1 is 0.773 bits per heavy atom. The summed E-state index contributed by atoms with van der Waals surface area (Å²) in [5, 5.41) is 8.02. The molecule has 4 atom stereocenters. The average molecular weight is 889 g/mol. The van der Waals surface area contributed by atoms with E-state index in [1.54, 1.807) is 4.90 Å². The summed E-state index contributed by atoms with van der Waals surface area (Å²) in [7, 11) is 1.29. The van der Waals surface area contributed by atoms with Crippen LogP contribution in [0.4, 0.5) is 4.79 Å². The first-order valence-corrected chi connectivity index (χ1v) is 23.4. The lowest BCUT2D eigenvalue weighted by Gasteiger charge is -2.34. The first kappa shape index (κ1) is 43.1. The molecule has 4 aromatic carbocycles. The predicted molar refractivity (Wildman–Crippen MR) is 250 cm³/mol. The van der Waals surface area contributed by atoms with E-state index < -0.39 is 18.2 Å². The van der Waals surface area contributed by atoms with Crippen molar-refractivity contribution in [2.45, 2.75) is 88.9 Å². The molecular weight excluding hydrogens is 833 g/mol. The van der Waals surface area contributed by atoms with Crippen LogP contribution in [0.1, 0.15) is 98.5 Å². The summed E-state index contributed by atoms with van der Waals surface area (Å²) >= 11 is 0. The highest BCUT2D eigenvalue weighted by Crippen LogP contribution is 2.40. The second-order valence-electron chi connectivity index (χ2n) is 18.0. The number of likely N-dealkylation sites (tertiary alicyclic amines) is 2. The smallest absolute Gasteiger partial charge is 0.407 e. The van der Waals surface area contributed by atoms with Crippen LogP contribution in [-0.2, 0) is 36.7 Å². The first-order chi connectivity index (χ1) is 32.3. The molecule has 4 aliphatic rings.